The molecule has 0 bridgehead atoms. The fourth-order valence-electron chi connectivity index (χ4n) is 7.18. The molecule has 2 atom stereocenters. The number of likely N-dealkylation sites (N-methyl/N-ethyl adjacent to an activating group) is 1. The van der Waals surface area contributed by atoms with Crippen LogP contribution in [0, 0.1) is 12.4 Å². The lowest BCUT2D eigenvalue weighted by Crippen LogP contribution is -2.57. The largest absolute Gasteiger partial charge is 0.496 e. The smallest absolute Gasteiger partial charge is 0.246 e. The summed E-state index contributed by atoms with van der Waals surface area (Å²) in [5.74, 6) is 0.430. The van der Waals surface area contributed by atoms with Crippen molar-refractivity contribution in [3.05, 3.63) is 83.7 Å². The average Bonchev–Trinajstić information content (AvgIpc) is 3.50. The Bertz CT molecular complexity index is 2100. The summed E-state index contributed by atoms with van der Waals surface area (Å²) in [6.07, 6.45) is 4.29. The van der Waals surface area contributed by atoms with Gasteiger partial charge in [0.25, 0.3) is 0 Å². The average molecular weight is 652 g/mol. The van der Waals surface area contributed by atoms with Crippen LogP contribution in [0.3, 0.4) is 0 Å². The Morgan fingerprint density at radius 2 is 1.98 bits per heavy atom. The number of imidazole rings is 1. The molecule has 0 aliphatic carbocycles. The fourth-order valence-corrected chi connectivity index (χ4v) is 7.46. The van der Waals surface area contributed by atoms with Gasteiger partial charge in [-0.05, 0) is 55.9 Å². The summed E-state index contributed by atoms with van der Waals surface area (Å²) >= 11 is 7.05. The lowest BCUT2D eigenvalue weighted by atomic mass is 9.94. The molecule has 9 nitrogen and oxygen atoms in total. The summed E-state index contributed by atoms with van der Waals surface area (Å²) in [5, 5.41) is 2.55. The fraction of sp³-hybridized carbons (Fsp3) is 0.333. The van der Waals surface area contributed by atoms with Gasteiger partial charge in [0.15, 0.2) is 11.6 Å². The summed E-state index contributed by atoms with van der Waals surface area (Å²) in [6.45, 7) is 13.3. The zero-order valence-corrected chi connectivity index (χ0v) is 27.3. The van der Waals surface area contributed by atoms with Crippen molar-refractivity contribution >= 4 is 56.0 Å². The van der Waals surface area contributed by atoms with E-state index in [-0.39, 0.29) is 40.6 Å². The second-order valence-electron chi connectivity index (χ2n) is 12.5. The Morgan fingerprint density at radius 1 is 1.19 bits per heavy atom. The van der Waals surface area contributed by atoms with E-state index in [1.807, 2.05) is 36.4 Å². The maximum atomic E-state index is 17.2. The first-order chi connectivity index (χ1) is 22.7. The molecule has 11 heteroatoms. The zero-order chi connectivity index (χ0) is 33.0. The van der Waals surface area contributed by atoms with Crippen LogP contribution in [0.1, 0.15) is 18.9 Å². The van der Waals surface area contributed by atoms with E-state index in [0.29, 0.717) is 53.5 Å². The quantitative estimate of drug-likeness (QED) is 0.146. The number of hydrogen-bond donors (Lipinski definition) is 0. The summed E-state index contributed by atoms with van der Waals surface area (Å²) in [5.41, 5.74) is 2.43. The standard InChI is InChI=1S/C36H35ClFN7O2/c1-6-29(46)44-14-13-22(15-23(44)17-39-2)45-20-40-34-35(45)26-16-27(37)31(30-25-10-8-7-9-21(25)11-12-28(30)47-5)32(38)33(26)41-36(34)43-18-24(19-43)42(3)4/h6-12,16,20,22-24H,1,13-15,17-19H2,3-5H3/t22-,23-/m0/s1. The van der Waals surface area contributed by atoms with E-state index < -0.39 is 5.82 Å². The first-order valence-corrected chi connectivity index (χ1v) is 16.0. The predicted octanol–water partition coefficient (Wildman–Crippen LogP) is 6.59. The summed E-state index contributed by atoms with van der Waals surface area (Å²) in [6, 6.07) is 13.3. The van der Waals surface area contributed by atoms with Gasteiger partial charge < -0.3 is 28.8 Å². The Kier molecular flexibility index (Phi) is 7.98. The number of anilines is 1. The molecule has 0 unspecified atom stereocenters. The van der Waals surface area contributed by atoms with Crippen LogP contribution >= 0.6 is 11.6 Å². The van der Waals surface area contributed by atoms with Gasteiger partial charge in [-0.25, -0.2) is 20.9 Å². The summed E-state index contributed by atoms with van der Waals surface area (Å²) in [7, 11) is 5.67. The van der Waals surface area contributed by atoms with Crippen LogP contribution in [-0.2, 0) is 4.79 Å². The maximum Gasteiger partial charge on any atom is 0.246 e. The summed E-state index contributed by atoms with van der Waals surface area (Å²) < 4.78 is 25.1. The summed E-state index contributed by atoms with van der Waals surface area (Å²) in [4.78, 5) is 32.1. The molecule has 0 saturated carbocycles. The minimum atomic E-state index is -0.528. The van der Waals surface area contributed by atoms with E-state index in [0.717, 1.165) is 29.4 Å². The van der Waals surface area contributed by atoms with Crippen LogP contribution in [0.25, 0.3) is 48.7 Å². The highest BCUT2D eigenvalue weighted by atomic mass is 35.5. The third-order valence-electron chi connectivity index (χ3n) is 9.76. The zero-order valence-electron chi connectivity index (χ0n) is 26.6. The van der Waals surface area contributed by atoms with Crippen molar-refractivity contribution in [3.63, 3.8) is 0 Å². The van der Waals surface area contributed by atoms with Gasteiger partial charge in [-0.2, -0.15) is 0 Å². The number of piperidine rings is 1. The molecule has 0 radical (unpaired) electrons. The number of likely N-dealkylation sites (tertiary alicyclic amines) is 1. The molecule has 2 saturated heterocycles. The molecule has 7 rings (SSSR count). The monoisotopic (exact) mass is 651 g/mol. The van der Waals surface area contributed by atoms with Crippen LogP contribution in [-0.4, -0.2) is 89.7 Å². The van der Waals surface area contributed by atoms with E-state index in [9.17, 15) is 4.79 Å². The van der Waals surface area contributed by atoms with E-state index in [1.165, 1.54) is 6.08 Å². The van der Waals surface area contributed by atoms with Gasteiger partial charge in [0.2, 0.25) is 12.5 Å². The second-order valence-corrected chi connectivity index (χ2v) is 12.9. The number of nitrogens with zero attached hydrogens (tertiary/aromatic N) is 7. The molecule has 4 heterocycles. The Morgan fingerprint density at radius 3 is 2.70 bits per heavy atom. The number of hydrogen-bond acceptors (Lipinski definition) is 6. The highest BCUT2D eigenvalue weighted by Crippen LogP contribution is 2.46. The van der Waals surface area contributed by atoms with Crippen molar-refractivity contribution in [1.29, 1.82) is 0 Å². The number of carbonyl (C=O) groups excluding carboxylic acids is 1. The number of aromatic nitrogens is 3. The van der Waals surface area contributed by atoms with E-state index in [4.69, 9.17) is 32.9 Å². The minimum absolute atomic E-state index is 0.0790. The Labute approximate surface area is 277 Å². The number of pyridine rings is 1. The van der Waals surface area contributed by atoms with Gasteiger partial charge in [-0.15, -0.1) is 0 Å². The molecule has 1 amide bonds. The first kappa shape index (κ1) is 30.9. The van der Waals surface area contributed by atoms with Crippen molar-refractivity contribution in [2.24, 2.45) is 0 Å². The first-order valence-electron chi connectivity index (χ1n) is 15.7. The van der Waals surface area contributed by atoms with Gasteiger partial charge in [0.1, 0.15) is 22.8 Å². The molecule has 0 spiro atoms. The number of halogens is 2. The molecule has 0 N–H and O–H groups in total. The van der Waals surface area contributed by atoms with E-state index >= 15 is 4.39 Å². The van der Waals surface area contributed by atoms with Crippen LogP contribution in [0.5, 0.6) is 5.75 Å². The molecule has 240 valence electrons. The lowest BCUT2D eigenvalue weighted by molar-refractivity contribution is -0.129. The Hall–Kier alpha value is -4.72. The Balaban J connectivity index is 1.45. The number of carbonyl (C=O) groups is 1. The number of rotatable bonds is 7. The lowest BCUT2D eigenvalue weighted by Gasteiger charge is -2.43. The number of ether oxygens (including phenoxy) is 1. The number of fused-ring (bicyclic) bond motifs is 4. The molecular formula is C36H35ClFN7O2. The van der Waals surface area contributed by atoms with E-state index in [1.54, 1.807) is 24.4 Å². The highest BCUT2D eigenvalue weighted by molar-refractivity contribution is 6.35. The van der Waals surface area contributed by atoms with Crippen molar-refractivity contribution in [2.75, 3.05) is 52.3 Å². The minimum Gasteiger partial charge on any atom is -0.496 e. The highest BCUT2D eigenvalue weighted by Gasteiger charge is 2.36. The topological polar surface area (TPSA) is 71.1 Å². The molecule has 2 aromatic heterocycles. The van der Waals surface area contributed by atoms with Gasteiger partial charge in [0.05, 0.1) is 24.0 Å². The van der Waals surface area contributed by atoms with Crippen LogP contribution in [0.2, 0.25) is 5.02 Å². The molecule has 3 aromatic carbocycles. The normalized spacial score (nSPS) is 18.6. The second kappa shape index (κ2) is 12.1. The van der Waals surface area contributed by atoms with Crippen molar-refractivity contribution < 1.29 is 13.9 Å². The van der Waals surface area contributed by atoms with Crippen LogP contribution < -0.4 is 9.64 Å². The van der Waals surface area contributed by atoms with Crippen molar-refractivity contribution in [2.45, 2.75) is 31.0 Å². The van der Waals surface area contributed by atoms with Crippen molar-refractivity contribution in [3.8, 4) is 16.9 Å². The van der Waals surface area contributed by atoms with Crippen LogP contribution in [0.15, 0.2) is 61.4 Å². The van der Waals surface area contributed by atoms with Gasteiger partial charge in [-0.3, -0.25) is 4.79 Å². The van der Waals surface area contributed by atoms with Gasteiger partial charge >= 0.3 is 0 Å². The molecule has 2 aliphatic rings. The van der Waals surface area contributed by atoms with Crippen LogP contribution in [0.4, 0.5) is 10.2 Å². The maximum absolute atomic E-state index is 17.2. The van der Waals surface area contributed by atoms with Gasteiger partial charge in [0, 0.05) is 48.2 Å². The predicted molar refractivity (Wildman–Crippen MR) is 185 cm³/mol. The molecule has 5 aromatic rings. The van der Waals surface area contributed by atoms with E-state index in [2.05, 4.69) is 39.9 Å². The molecule has 2 aliphatic heterocycles. The van der Waals surface area contributed by atoms with Crippen molar-refractivity contribution in [1.82, 2.24) is 24.3 Å². The third kappa shape index (κ3) is 5.05. The molecule has 47 heavy (non-hydrogen) atoms. The molecular weight excluding hydrogens is 617 g/mol. The number of benzene rings is 3. The number of amides is 1. The number of methoxy groups -OCH3 is 1. The third-order valence-corrected chi connectivity index (χ3v) is 10.1. The molecule has 2 fully saturated rings. The van der Waals surface area contributed by atoms with Gasteiger partial charge in [-0.1, -0.05) is 48.5 Å². The SMILES string of the molecule is [C-]#[N+]C[C@@H]1C[C@@H](n2cnc3c(N4CC(N(C)C)C4)nc4c(F)c(-c5c(OC)ccc6ccccc56)c(Cl)cc4c32)CCN1C(=O)C=C.